The molecule has 0 unspecified atom stereocenters. The van der Waals surface area contributed by atoms with Gasteiger partial charge in [0.15, 0.2) is 24.8 Å². The lowest BCUT2D eigenvalue weighted by Crippen LogP contribution is -2.12. The number of ketones is 2. The highest BCUT2D eigenvalue weighted by molar-refractivity contribution is 5.97. The van der Waals surface area contributed by atoms with Crippen molar-refractivity contribution in [2.24, 2.45) is 0 Å². The second kappa shape index (κ2) is 18.8. The summed E-state index contributed by atoms with van der Waals surface area (Å²) in [6.45, 7) is 2.81. The molecule has 59 heavy (non-hydrogen) atoms. The second-order valence-electron chi connectivity index (χ2n) is 14.1. The second-order valence-corrected chi connectivity index (χ2v) is 14.1. The maximum Gasteiger partial charge on any atom is 0.196 e. The van der Waals surface area contributed by atoms with E-state index in [9.17, 15) is 38.8 Å². The van der Waals surface area contributed by atoms with Crippen LogP contribution in [0.1, 0.15) is 55.6 Å². The monoisotopic (exact) mass is 796 g/mol. The number of carbonyl (C=O) groups is 2. The fraction of sp³-hybridized carbons (Fsp3) is 0.143. The Kier molecular flexibility index (Phi) is 13.2. The lowest BCUT2D eigenvalue weighted by molar-refractivity contribution is -0.117. The highest BCUT2D eigenvalue weighted by Crippen LogP contribution is 2.36. The minimum atomic E-state index is -0.547. The molecule has 10 heteroatoms. The summed E-state index contributed by atoms with van der Waals surface area (Å²) in [6.07, 6.45) is 2.76. The van der Waals surface area contributed by atoms with Gasteiger partial charge in [0.1, 0.15) is 46.2 Å². The number of carbonyl (C=O) groups excluding carboxylic acids is 2. The van der Waals surface area contributed by atoms with Crippen LogP contribution in [0, 0.1) is 25.5 Å². The SMILES string of the molecule is Cc1cccc(Cc2cccc(Cc3cccc(Cc4cccc(C)c4OCC(=O)/C=C(\O)c4ccc(F)cc4)c3O)c2OCC(=O)/C=C(\O)c2ccc(F)cc2)c1O. The molecule has 0 radical (unpaired) electrons. The highest BCUT2D eigenvalue weighted by Gasteiger charge is 2.19. The smallest absolute Gasteiger partial charge is 0.196 e. The van der Waals surface area contributed by atoms with Crippen LogP contribution in [0.4, 0.5) is 8.78 Å². The van der Waals surface area contributed by atoms with Crippen LogP contribution >= 0.6 is 0 Å². The zero-order valence-electron chi connectivity index (χ0n) is 32.4. The lowest BCUT2D eigenvalue weighted by atomic mass is 9.94. The van der Waals surface area contributed by atoms with Crippen molar-refractivity contribution < 1.29 is 48.3 Å². The summed E-state index contributed by atoms with van der Waals surface area (Å²) in [5, 5.41) is 43.4. The molecule has 0 saturated carbocycles. The van der Waals surface area contributed by atoms with E-state index in [1.807, 2.05) is 55.5 Å². The van der Waals surface area contributed by atoms with Crippen molar-refractivity contribution in [1.82, 2.24) is 0 Å². The van der Waals surface area contributed by atoms with Crippen LogP contribution in [0.15, 0.2) is 133 Å². The van der Waals surface area contributed by atoms with E-state index in [-0.39, 0.29) is 60.0 Å². The first-order chi connectivity index (χ1) is 28.4. The topological polar surface area (TPSA) is 134 Å². The van der Waals surface area contributed by atoms with E-state index in [0.717, 1.165) is 17.7 Å². The van der Waals surface area contributed by atoms with Crippen LogP contribution in [0.25, 0.3) is 11.5 Å². The minimum Gasteiger partial charge on any atom is -0.507 e. The zero-order chi connectivity index (χ0) is 42.1. The van der Waals surface area contributed by atoms with Crippen LogP contribution in [-0.4, -0.2) is 45.2 Å². The summed E-state index contributed by atoms with van der Waals surface area (Å²) in [7, 11) is 0. The Morgan fingerprint density at radius 3 is 1.31 bits per heavy atom. The quantitative estimate of drug-likeness (QED) is 0.0562. The van der Waals surface area contributed by atoms with Gasteiger partial charge in [-0.25, -0.2) is 8.78 Å². The molecular formula is C49H42F2O8. The Bertz CT molecular complexity index is 2540. The van der Waals surface area contributed by atoms with Crippen LogP contribution < -0.4 is 9.47 Å². The number of phenolic OH excluding ortho intramolecular Hbond substituents is 2. The standard InChI is InChI=1S/C49H42F2O8/c1-30-7-3-9-34(46(30)56)23-38-13-6-14-39(49(38)59-29-43(53)27-45(55)33-17-21-41(51)22-18-33)25-36-11-5-10-35(47(36)57)24-37-12-4-8-31(2)48(37)58-28-42(52)26-44(54)32-15-19-40(50)20-16-32/h3-22,26-27,54-57H,23-25,28-29H2,1-2H3/b44-26-,45-27-. The summed E-state index contributed by atoms with van der Waals surface area (Å²) in [4.78, 5) is 25.8. The molecule has 0 amide bonds. The normalized spacial score (nSPS) is 11.7. The van der Waals surface area contributed by atoms with Crippen LogP contribution in [-0.2, 0) is 28.9 Å². The lowest BCUT2D eigenvalue weighted by Gasteiger charge is -2.18. The van der Waals surface area contributed by atoms with Gasteiger partial charge in [-0.05, 0) is 107 Å². The number of aryl methyl sites for hydroxylation is 2. The van der Waals surface area contributed by atoms with Crippen molar-refractivity contribution in [3.05, 3.63) is 201 Å². The average molecular weight is 797 g/mol. The molecule has 4 N–H and O–H groups in total. The molecule has 0 spiro atoms. The summed E-state index contributed by atoms with van der Waals surface area (Å²) >= 11 is 0. The summed E-state index contributed by atoms with van der Waals surface area (Å²) in [5.74, 6) is -1.67. The summed E-state index contributed by atoms with van der Waals surface area (Å²) in [5.41, 5.74) is 5.83. The van der Waals surface area contributed by atoms with E-state index in [1.165, 1.54) is 48.5 Å². The first kappa shape index (κ1) is 41.4. The Balaban J connectivity index is 1.24. The zero-order valence-corrected chi connectivity index (χ0v) is 32.4. The molecule has 0 aliphatic carbocycles. The van der Waals surface area contributed by atoms with E-state index in [2.05, 4.69) is 0 Å². The van der Waals surface area contributed by atoms with Crippen molar-refractivity contribution >= 4 is 23.1 Å². The average Bonchev–Trinajstić information content (AvgIpc) is 3.21. The van der Waals surface area contributed by atoms with Gasteiger partial charge in [0.25, 0.3) is 0 Å². The predicted molar refractivity (Wildman–Crippen MR) is 222 cm³/mol. The number of para-hydroxylation sites is 4. The Morgan fingerprint density at radius 1 is 0.492 bits per heavy atom. The molecule has 0 aliphatic rings. The number of aromatic hydroxyl groups is 2. The maximum absolute atomic E-state index is 13.4. The molecule has 0 fully saturated rings. The van der Waals surface area contributed by atoms with E-state index in [4.69, 9.17) is 9.47 Å². The van der Waals surface area contributed by atoms with E-state index < -0.39 is 29.8 Å². The molecular weight excluding hydrogens is 755 g/mol. The molecule has 0 aliphatic heterocycles. The number of aliphatic hydroxyl groups excluding tert-OH is 2. The molecule has 6 aromatic rings. The third kappa shape index (κ3) is 10.6. The number of benzene rings is 6. The van der Waals surface area contributed by atoms with Gasteiger partial charge in [-0.15, -0.1) is 0 Å². The van der Waals surface area contributed by atoms with E-state index >= 15 is 0 Å². The Labute approximate surface area is 340 Å². The van der Waals surface area contributed by atoms with Gasteiger partial charge in [-0.3, -0.25) is 9.59 Å². The number of phenols is 2. The molecule has 0 bridgehead atoms. The first-order valence-corrected chi connectivity index (χ1v) is 18.8. The number of ether oxygens (including phenoxy) is 2. The van der Waals surface area contributed by atoms with Crippen molar-refractivity contribution in [2.75, 3.05) is 13.2 Å². The maximum atomic E-state index is 13.4. The molecule has 0 heterocycles. The van der Waals surface area contributed by atoms with Gasteiger partial charge >= 0.3 is 0 Å². The minimum absolute atomic E-state index is 0.0269. The molecule has 0 atom stereocenters. The molecule has 300 valence electrons. The summed E-state index contributed by atoms with van der Waals surface area (Å²) in [6, 6.07) is 32.0. The van der Waals surface area contributed by atoms with E-state index in [1.54, 1.807) is 31.2 Å². The van der Waals surface area contributed by atoms with E-state index in [0.29, 0.717) is 50.4 Å². The molecule has 8 nitrogen and oxygen atoms in total. The Morgan fingerprint density at radius 2 is 0.847 bits per heavy atom. The molecule has 0 aromatic heterocycles. The fourth-order valence-corrected chi connectivity index (χ4v) is 6.65. The largest absolute Gasteiger partial charge is 0.507 e. The van der Waals surface area contributed by atoms with Crippen LogP contribution in [0.5, 0.6) is 23.0 Å². The van der Waals surface area contributed by atoms with Crippen LogP contribution in [0.3, 0.4) is 0 Å². The van der Waals surface area contributed by atoms with Crippen molar-refractivity contribution in [2.45, 2.75) is 33.1 Å². The molecule has 6 rings (SSSR count). The van der Waals surface area contributed by atoms with Gasteiger partial charge in [-0.1, -0.05) is 72.8 Å². The first-order valence-electron chi connectivity index (χ1n) is 18.8. The van der Waals surface area contributed by atoms with Crippen LogP contribution in [0.2, 0.25) is 0 Å². The van der Waals surface area contributed by atoms with Gasteiger partial charge in [0, 0.05) is 42.5 Å². The number of rotatable bonds is 16. The number of hydrogen-bond donors (Lipinski definition) is 4. The van der Waals surface area contributed by atoms with Gasteiger partial charge < -0.3 is 29.9 Å². The van der Waals surface area contributed by atoms with Gasteiger partial charge in [0.2, 0.25) is 0 Å². The fourth-order valence-electron chi connectivity index (χ4n) is 6.65. The van der Waals surface area contributed by atoms with Crippen molar-refractivity contribution in [3.8, 4) is 23.0 Å². The van der Waals surface area contributed by atoms with Gasteiger partial charge in [0.05, 0.1) is 0 Å². The molecule has 6 aromatic carbocycles. The predicted octanol–water partition coefficient (Wildman–Crippen LogP) is 9.86. The third-order valence-corrected chi connectivity index (χ3v) is 9.73. The van der Waals surface area contributed by atoms with Gasteiger partial charge in [-0.2, -0.15) is 0 Å². The number of hydrogen-bond acceptors (Lipinski definition) is 8. The highest BCUT2D eigenvalue weighted by atomic mass is 19.1. The third-order valence-electron chi connectivity index (χ3n) is 9.73. The Hall–Kier alpha value is -7.20. The summed E-state index contributed by atoms with van der Waals surface area (Å²) < 4.78 is 38.9. The van der Waals surface area contributed by atoms with Crippen molar-refractivity contribution in [1.29, 1.82) is 0 Å². The number of aliphatic hydroxyl groups is 2. The van der Waals surface area contributed by atoms with Crippen molar-refractivity contribution in [3.63, 3.8) is 0 Å². The number of halogens is 2. The molecule has 0 saturated heterocycles.